The van der Waals surface area contributed by atoms with E-state index in [1.54, 1.807) is 14.0 Å². The molecule has 1 fully saturated rings. The Labute approximate surface area is 197 Å². The summed E-state index contributed by atoms with van der Waals surface area (Å²) in [5, 5.41) is 3.52. The van der Waals surface area contributed by atoms with Crippen LogP contribution in [-0.4, -0.2) is 13.8 Å². The lowest BCUT2D eigenvalue weighted by Gasteiger charge is -2.21. The third kappa shape index (κ3) is 3.68. The summed E-state index contributed by atoms with van der Waals surface area (Å²) >= 11 is 3.42. The van der Waals surface area contributed by atoms with Crippen molar-refractivity contribution in [1.82, 2.24) is 13.8 Å². The molecule has 2 aromatic heterocycles. The van der Waals surface area contributed by atoms with Gasteiger partial charge in [0.15, 0.2) is 0 Å². The van der Waals surface area contributed by atoms with E-state index in [0.29, 0.717) is 22.8 Å². The van der Waals surface area contributed by atoms with Gasteiger partial charge in [0.2, 0.25) is 0 Å². The first-order valence-electron chi connectivity index (χ1n) is 10.6. The SMILES string of the molecule is Cc1c(=O)n(C)c(Nc2ccc(Br)cc2)c2c(=O)n(C3CC3)c(=O)n(Nc3ccccc3)c12. The third-order valence-electron chi connectivity index (χ3n) is 5.88. The Balaban J connectivity index is 1.86. The first kappa shape index (κ1) is 21.3. The zero-order valence-corrected chi connectivity index (χ0v) is 19.7. The molecule has 1 saturated carbocycles. The molecule has 2 heterocycles. The summed E-state index contributed by atoms with van der Waals surface area (Å²) in [7, 11) is 1.62. The Bertz CT molecular complexity index is 1550. The molecule has 0 radical (unpaired) electrons. The van der Waals surface area contributed by atoms with Crippen LogP contribution in [0.1, 0.15) is 24.4 Å². The number of nitrogens with one attached hydrogen (secondary N) is 2. The minimum atomic E-state index is -0.482. The Hall–Kier alpha value is -3.59. The number of hydrogen-bond acceptors (Lipinski definition) is 5. The normalized spacial score (nSPS) is 13.3. The van der Waals surface area contributed by atoms with E-state index in [0.717, 1.165) is 17.3 Å². The van der Waals surface area contributed by atoms with Crippen LogP contribution in [0.3, 0.4) is 0 Å². The van der Waals surface area contributed by atoms with Crippen molar-refractivity contribution < 1.29 is 0 Å². The molecule has 1 aliphatic rings. The lowest BCUT2D eigenvalue weighted by atomic mass is 10.1. The number of para-hydroxylation sites is 1. The Kier molecular flexibility index (Phi) is 5.20. The van der Waals surface area contributed by atoms with E-state index in [4.69, 9.17) is 0 Å². The molecular weight excluding hydrogens is 486 g/mol. The van der Waals surface area contributed by atoms with Gasteiger partial charge in [0.05, 0.1) is 11.2 Å². The van der Waals surface area contributed by atoms with Gasteiger partial charge >= 0.3 is 5.69 Å². The van der Waals surface area contributed by atoms with Crippen LogP contribution in [0.5, 0.6) is 0 Å². The first-order chi connectivity index (χ1) is 15.9. The maximum atomic E-state index is 13.7. The van der Waals surface area contributed by atoms with Crippen LogP contribution in [-0.2, 0) is 7.05 Å². The maximum Gasteiger partial charge on any atom is 0.350 e. The number of hydrogen-bond donors (Lipinski definition) is 2. The van der Waals surface area contributed by atoms with Gasteiger partial charge in [-0.1, -0.05) is 34.1 Å². The molecule has 0 atom stereocenters. The van der Waals surface area contributed by atoms with Crippen LogP contribution in [0.15, 0.2) is 73.5 Å². The predicted molar refractivity (Wildman–Crippen MR) is 134 cm³/mol. The lowest BCUT2D eigenvalue weighted by Crippen LogP contribution is -2.43. The number of nitrogens with zero attached hydrogens (tertiary/aromatic N) is 3. The molecule has 0 aliphatic heterocycles. The number of halogens is 1. The zero-order valence-electron chi connectivity index (χ0n) is 18.1. The number of pyridine rings is 1. The zero-order chi connectivity index (χ0) is 23.3. The Morgan fingerprint density at radius 2 is 1.58 bits per heavy atom. The third-order valence-corrected chi connectivity index (χ3v) is 6.41. The average Bonchev–Trinajstić information content (AvgIpc) is 3.64. The highest BCUT2D eigenvalue weighted by Crippen LogP contribution is 2.33. The van der Waals surface area contributed by atoms with Crippen LogP contribution in [0.2, 0.25) is 0 Å². The average molecular weight is 508 g/mol. The second-order valence-corrected chi connectivity index (χ2v) is 9.11. The smallest absolute Gasteiger partial charge is 0.341 e. The number of aryl methyl sites for hydroxylation is 1. The summed E-state index contributed by atoms with van der Waals surface area (Å²) in [5.41, 5.74) is 3.90. The quantitative estimate of drug-likeness (QED) is 0.427. The molecule has 5 rings (SSSR count). The van der Waals surface area contributed by atoms with Crippen molar-refractivity contribution in [3.8, 4) is 0 Å². The van der Waals surface area contributed by atoms with Gasteiger partial charge in [0.25, 0.3) is 11.1 Å². The van der Waals surface area contributed by atoms with Crippen LogP contribution in [0, 0.1) is 6.92 Å². The van der Waals surface area contributed by atoms with Gasteiger partial charge < -0.3 is 5.32 Å². The number of rotatable bonds is 5. The highest BCUT2D eigenvalue weighted by Gasteiger charge is 2.31. The fourth-order valence-corrected chi connectivity index (χ4v) is 4.30. The molecule has 0 bridgehead atoms. The standard InChI is InChI=1S/C24H22BrN5O3/c1-14-20-19(21(28(2)22(14)31)26-16-10-8-15(25)9-11-16)23(32)29(18-12-13-18)24(33)30(20)27-17-6-4-3-5-7-17/h3-11,18,26-27H,12-13H2,1-2H3. The summed E-state index contributed by atoms with van der Waals surface area (Å²) in [5.74, 6) is 0.339. The highest BCUT2D eigenvalue weighted by molar-refractivity contribution is 9.10. The molecule has 0 amide bonds. The van der Waals surface area contributed by atoms with E-state index < -0.39 is 11.2 Å². The van der Waals surface area contributed by atoms with Crippen LogP contribution >= 0.6 is 15.9 Å². The fraction of sp³-hybridized carbons (Fsp3) is 0.208. The minimum Gasteiger partial charge on any atom is -0.341 e. The molecule has 2 aromatic carbocycles. The topological polar surface area (TPSA) is 90.1 Å². The molecule has 168 valence electrons. The molecule has 0 saturated heterocycles. The maximum absolute atomic E-state index is 13.7. The van der Waals surface area contributed by atoms with Gasteiger partial charge in [0.1, 0.15) is 11.2 Å². The monoisotopic (exact) mass is 507 g/mol. The van der Waals surface area contributed by atoms with E-state index in [2.05, 4.69) is 26.7 Å². The predicted octanol–water partition coefficient (Wildman–Crippen LogP) is 3.89. The van der Waals surface area contributed by atoms with E-state index in [9.17, 15) is 14.4 Å². The molecular formula is C24H22BrN5O3. The van der Waals surface area contributed by atoms with Crippen LogP contribution in [0.25, 0.3) is 10.9 Å². The molecule has 1 aliphatic carbocycles. The van der Waals surface area contributed by atoms with Crippen molar-refractivity contribution in [3.63, 3.8) is 0 Å². The molecule has 0 spiro atoms. The van der Waals surface area contributed by atoms with Gasteiger partial charge in [-0.25, -0.2) is 9.47 Å². The van der Waals surface area contributed by atoms with Crippen molar-refractivity contribution in [3.05, 3.63) is 95.8 Å². The minimum absolute atomic E-state index is 0.142. The van der Waals surface area contributed by atoms with E-state index in [1.165, 1.54) is 13.8 Å². The van der Waals surface area contributed by atoms with Gasteiger partial charge in [-0.3, -0.25) is 24.1 Å². The largest absolute Gasteiger partial charge is 0.350 e. The van der Waals surface area contributed by atoms with Gasteiger partial charge in [-0.05, 0) is 56.2 Å². The summed E-state index contributed by atoms with van der Waals surface area (Å²) < 4.78 is 4.96. The molecule has 33 heavy (non-hydrogen) atoms. The number of anilines is 3. The number of benzene rings is 2. The summed E-state index contributed by atoms with van der Waals surface area (Å²) in [4.78, 5) is 40.3. The second kappa shape index (κ2) is 8.08. The molecule has 0 unspecified atom stereocenters. The Morgan fingerprint density at radius 3 is 2.21 bits per heavy atom. The highest BCUT2D eigenvalue weighted by atomic mass is 79.9. The molecule has 8 nitrogen and oxygen atoms in total. The van der Waals surface area contributed by atoms with Crippen molar-refractivity contribution >= 4 is 44.0 Å². The summed E-state index contributed by atoms with van der Waals surface area (Å²) in [6.07, 6.45) is 1.54. The molecule has 2 N–H and O–H groups in total. The van der Waals surface area contributed by atoms with E-state index in [1.807, 2.05) is 54.6 Å². The van der Waals surface area contributed by atoms with Crippen molar-refractivity contribution in [2.45, 2.75) is 25.8 Å². The molecule has 4 aromatic rings. The van der Waals surface area contributed by atoms with Crippen molar-refractivity contribution in [2.75, 3.05) is 10.7 Å². The van der Waals surface area contributed by atoms with Crippen LogP contribution < -0.4 is 27.6 Å². The number of aromatic nitrogens is 3. The van der Waals surface area contributed by atoms with E-state index in [-0.39, 0.29) is 22.5 Å². The van der Waals surface area contributed by atoms with E-state index >= 15 is 0 Å². The summed E-state index contributed by atoms with van der Waals surface area (Å²) in [6, 6.07) is 16.5. The van der Waals surface area contributed by atoms with Crippen molar-refractivity contribution in [1.29, 1.82) is 0 Å². The second-order valence-electron chi connectivity index (χ2n) is 8.20. The first-order valence-corrected chi connectivity index (χ1v) is 11.4. The van der Waals surface area contributed by atoms with Gasteiger partial charge in [-0.15, -0.1) is 0 Å². The lowest BCUT2D eigenvalue weighted by molar-refractivity contribution is 0.631. The molecule has 9 heteroatoms. The van der Waals surface area contributed by atoms with Gasteiger partial charge in [-0.2, -0.15) is 0 Å². The van der Waals surface area contributed by atoms with Gasteiger partial charge in [0, 0.05) is 28.8 Å². The van der Waals surface area contributed by atoms with Crippen LogP contribution in [0.4, 0.5) is 17.2 Å². The number of fused-ring (bicyclic) bond motifs is 1. The fourth-order valence-electron chi connectivity index (χ4n) is 4.03. The van der Waals surface area contributed by atoms with Crippen molar-refractivity contribution in [2.24, 2.45) is 7.05 Å². The Morgan fingerprint density at radius 1 is 0.909 bits per heavy atom. The summed E-state index contributed by atoms with van der Waals surface area (Å²) in [6.45, 7) is 1.64.